The summed E-state index contributed by atoms with van der Waals surface area (Å²) in [7, 11) is 0. The van der Waals surface area contributed by atoms with Crippen LogP contribution in [0.1, 0.15) is 13.3 Å². The monoisotopic (exact) mass is 169 g/mol. The predicted octanol–water partition coefficient (Wildman–Crippen LogP) is -0.253. The third-order valence-electron chi connectivity index (χ3n) is 1.97. The van der Waals surface area contributed by atoms with Crippen LogP contribution in [0.3, 0.4) is 0 Å². The van der Waals surface area contributed by atoms with Crippen molar-refractivity contribution in [2.24, 2.45) is 0 Å². The average molecular weight is 169 g/mol. The Morgan fingerprint density at radius 1 is 1.75 bits per heavy atom. The van der Waals surface area contributed by atoms with Crippen LogP contribution in [-0.2, 0) is 4.74 Å². The number of terminal acetylenes is 1. The molecule has 12 heavy (non-hydrogen) atoms. The molecule has 0 aromatic carbocycles. The second kappa shape index (κ2) is 4.46. The number of hydrogen-bond acceptors (Lipinski definition) is 3. The van der Waals surface area contributed by atoms with Crippen LogP contribution in [0.5, 0.6) is 0 Å². The largest absolute Gasteiger partial charge is 0.389 e. The fourth-order valence-electron chi connectivity index (χ4n) is 1.30. The first kappa shape index (κ1) is 9.53. The molecule has 0 aliphatic carbocycles. The van der Waals surface area contributed by atoms with Gasteiger partial charge in [-0.2, -0.15) is 0 Å². The zero-order valence-corrected chi connectivity index (χ0v) is 7.29. The number of aliphatic hydroxyl groups is 1. The van der Waals surface area contributed by atoms with Gasteiger partial charge in [0, 0.05) is 12.5 Å². The normalized spacial score (nSPS) is 31.4. The van der Waals surface area contributed by atoms with Crippen LogP contribution in [0.2, 0.25) is 0 Å². The summed E-state index contributed by atoms with van der Waals surface area (Å²) in [6, 6.07) is 0.296. The lowest BCUT2D eigenvalue weighted by molar-refractivity contribution is 0.121. The average Bonchev–Trinajstić information content (AvgIpc) is 2.37. The number of rotatable bonds is 3. The van der Waals surface area contributed by atoms with Crippen molar-refractivity contribution in [2.75, 3.05) is 13.2 Å². The molecule has 68 valence electrons. The molecule has 3 nitrogen and oxygen atoms in total. The van der Waals surface area contributed by atoms with E-state index in [-0.39, 0.29) is 18.2 Å². The van der Waals surface area contributed by atoms with Crippen LogP contribution in [0.4, 0.5) is 0 Å². The van der Waals surface area contributed by atoms with Crippen LogP contribution < -0.4 is 5.32 Å². The molecule has 2 N–H and O–H groups in total. The van der Waals surface area contributed by atoms with Gasteiger partial charge in [0.25, 0.3) is 0 Å². The van der Waals surface area contributed by atoms with E-state index in [1.54, 1.807) is 0 Å². The van der Waals surface area contributed by atoms with Gasteiger partial charge in [-0.1, -0.05) is 0 Å². The van der Waals surface area contributed by atoms with E-state index in [1.165, 1.54) is 0 Å². The maximum atomic E-state index is 9.37. The molecule has 1 rings (SSSR count). The lowest BCUT2D eigenvalue weighted by Crippen LogP contribution is -2.43. The van der Waals surface area contributed by atoms with E-state index in [4.69, 9.17) is 11.2 Å². The zero-order chi connectivity index (χ0) is 8.97. The minimum absolute atomic E-state index is 0.0494. The van der Waals surface area contributed by atoms with Crippen molar-refractivity contribution in [3.05, 3.63) is 0 Å². The fourth-order valence-corrected chi connectivity index (χ4v) is 1.30. The maximum Gasteiger partial charge on any atom is 0.0948 e. The zero-order valence-electron chi connectivity index (χ0n) is 7.29. The molecule has 3 heteroatoms. The minimum atomic E-state index is -0.384. The molecule has 0 amide bonds. The van der Waals surface area contributed by atoms with Gasteiger partial charge in [0.05, 0.1) is 25.4 Å². The van der Waals surface area contributed by atoms with Crippen LogP contribution in [0.15, 0.2) is 0 Å². The number of nitrogens with one attached hydrogen (secondary N) is 1. The number of ether oxygens (including phenoxy) is 1. The topological polar surface area (TPSA) is 41.5 Å². The van der Waals surface area contributed by atoms with Crippen molar-refractivity contribution < 1.29 is 9.84 Å². The van der Waals surface area contributed by atoms with Crippen molar-refractivity contribution in [3.63, 3.8) is 0 Å². The third kappa shape index (κ3) is 2.49. The Kier molecular flexibility index (Phi) is 3.54. The number of aliphatic hydroxyl groups excluding tert-OH is 1. The Balaban J connectivity index is 2.26. The molecule has 0 aromatic heterocycles. The Morgan fingerprint density at radius 3 is 3.00 bits per heavy atom. The van der Waals surface area contributed by atoms with Gasteiger partial charge in [-0.25, -0.2) is 0 Å². The highest BCUT2D eigenvalue weighted by atomic mass is 16.5. The van der Waals surface area contributed by atoms with Crippen LogP contribution in [0, 0.1) is 12.3 Å². The van der Waals surface area contributed by atoms with E-state index >= 15 is 0 Å². The molecule has 0 aromatic rings. The van der Waals surface area contributed by atoms with Crippen LogP contribution >= 0.6 is 0 Å². The highest BCUT2D eigenvalue weighted by molar-refractivity contribution is 4.91. The molecule has 0 saturated carbocycles. The van der Waals surface area contributed by atoms with Crippen molar-refractivity contribution in [2.45, 2.75) is 31.5 Å². The molecule has 3 atom stereocenters. The number of hydrogen-bond donors (Lipinski definition) is 2. The summed E-state index contributed by atoms with van der Waals surface area (Å²) in [6.07, 6.45) is 5.45. The molecule has 1 saturated heterocycles. The highest BCUT2D eigenvalue weighted by Crippen LogP contribution is 2.06. The minimum Gasteiger partial charge on any atom is -0.389 e. The lowest BCUT2D eigenvalue weighted by atomic mass is 10.1. The molecular weight excluding hydrogens is 154 g/mol. The van der Waals surface area contributed by atoms with Crippen molar-refractivity contribution in [3.8, 4) is 12.3 Å². The van der Waals surface area contributed by atoms with E-state index in [0.717, 1.165) is 0 Å². The van der Waals surface area contributed by atoms with Gasteiger partial charge in [0.2, 0.25) is 0 Å². The summed E-state index contributed by atoms with van der Waals surface area (Å²) in [4.78, 5) is 0. The van der Waals surface area contributed by atoms with Crippen molar-refractivity contribution in [1.29, 1.82) is 0 Å². The summed E-state index contributed by atoms with van der Waals surface area (Å²) in [5, 5.41) is 12.6. The molecule has 1 aliphatic rings. The molecule has 3 unspecified atom stereocenters. The van der Waals surface area contributed by atoms with Crippen molar-refractivity contribution in [1.82, 2.24) is 5.32 Å². The van der Waals surface area contributed by atoms with E-state index in [0.29, 0.717) is 19.6 Å². The van der Waals surface area contributed by atoms with E-state index < -0.39 is 0 Å². The Bertz CT molecular complexity index is 176. The van der Waals surface area contributed by atoms with Gasteiger partial charge < -0.3 is 15.2 Å². The fraction of sp³-hybridized carbons (Fsp3) is 0.778. The van der Waals surface area contributed by atoms with Crippen LogP contribution in [0.25, 0.3) is 0 Å². The van der Waals surface area contributed by atoms with Gasteiger partial charge in [0.1, 0.15) is 0 Å². The Labute approximate surface area is 73.1 Å². The second-order valence-electron chi connectivity index (χ2n) is 3.19. The maximum absolute atomic E-state index is 9.37. The van der Waals surface area contributed by atoms with E-state index in [1.807, 2.05) is 6.92 Å². The summed E-state index contributed by atoms with van der Waals surface area (Å²) in [5.74, 6) is 2.57. The van der Waals surface area contributed by atoms with E-state index in [9.17, 15) is 5.11 Å². The second-order valence-corrected chi connectivity index (χ2v) is 3.19. The standard InChI is InChI=1S/C9H15NO2/c1-3-4-7(2)10-8-5-12-6-9(8)11/h1,7-11H,4-6H2,2H3. The summed E-state index contributed by atoms with van der Waals surface area (Å²) in [5.41, 5.74) is 0. The Morgan fingerprint density at radius 2 is 2.50 bits per heavy atom. The molecular formula is C9H15NO2. The van der Waals surface area contributed by atoms with Gasteiger partial charge >= 0.3 is 0 Å². The SMILES string of the molecule is C#CCC(C)NC1COCC1O. The van der Waals surface area contributed by atoms with Gasteiger partial charge in [0.15, 0.2) is 0 Å². The quantitative estimate of drug-likeness (QED) is 0.572. The summed E-state index contributed by atoms with van der Waals surface area (Å²) < 4.78 is 5.08. The molecule has 0 radical (unpaired) electrons. The molecule has 0 bridgehead atoms. The third-order valence-corrected chi connectivity index (χ3v) is 1.97. The van der Waals surface area contributed by atoms with Gasteiger partial charge in [-0.15, -0.1) is 12.3 Å². The molecule has 1 aliphatic heterocycles. The molecule has 0 spiro atoms. The Hall–Kier alpha value is -0.560. The first-order valence-electron chi connectivity index (χ1n) is 4.19. The molecule has 1 fully saturated rings. The molecule has 1 heterocycles. The van der Waals surface area contributed by atoms with E-state index in [2.05, 4.69) is 11.2 Å². The first-order valence-corrected chi connectivity index (χ1v) is 4.19. The van der Waals surface area contributed by atoms with Gasteiger partial charge in [-0.3, -0.25) is 0 Å². The van der Waals surface area contributed by atoms with Gasteiger partial charge in [-0.05, 0) is 6.92 Å². The lowest BCUT2D eigenvalue weighted by Gasteiger charge is -2.18. The first-order chi connectivity index (χ1) is 5.74. The van der Waals surface area contributed by atoms with Crippen LogP contribution in [-0.4, -0.2) is 36.5 Å². The van der Waals surface area contributed by atoms with Crippen molar-refractivity contribution >= 4 is 0 Å². The smallest absolute Gasteiger partial charge is 0.0948 e. The highest BCUT2D eigenvalue weighted by Gasteiger charge is 2.26. The predicted molar refractivity (Wildman–Crippen MR) is 46.7 cm³/mol. The summed E-state index contributed by atoms with van der Waals surface area (Å²) in [6.45, 7) is 3.02. The summed E-state index contributed by atoms with van der Waals surface area (Å²) >= 11 is 0.